The molecular formula is C23H24F3N5O2. The zero-order chi connectivity index (χ0) is 24.6. The van der Waals surface area contributed by atoms with Gasteiger partial charge in [0, 0.05) is 31.3 Å². The number of aryl methyl sites for hydroxylation is 1. The highest BCUT2D eigenvalue weighted by Gasteiger charge is 2.25. The van der Waals surface area contributed by atoms with Crippen molar-refractivity contribution in [3.63, 3.8) is 0 Å². The molecule has 4 rings (SSSR count). The van der Waals surface area contributed by atoms with E-state index in [1.54, 1.807) is 20.0 Å². The van der Waals surface area contributed by atoms with Crippen molar-refractivity contribution in [3.05, 3.63) is 63.5 Å². The normalized spacial score (nSPS) is 16.2. The number of carbonyl (C=O) groups excluding carboxylic acids is 1. The molecule has 3 heterocycles. The molecule has 0 unspecified atom stereocenters. The Labute approximate surface area is 189 Å². The zero-order valence-corrected chi connectivity index (χ0v) is 18.2. The summed E-state index contributed by atoms with van der Waals surface area (Å²) in [5.41, 5.74) is 0.113. The Morgan fingerprint density at radius 1 is 1.24 bits per heavy atom. The molecule has 1 aromatic carbocycles. The van der Waals surface area contributed by atoms with E-state index >= 15 is 0 Å². The minimum absolute atomic E-state index is 0.0713. The van der Waals surface area contributed by atoms with Crippen LogP contribution in [0.25, 0.3) is 11.0 Å². The molecule has 1 aliphatic heterocycles. The van der Waals surface area contributed by atoms with Crippen molar-refractivity contribution >= 4 is 23.2 Å². The third-order valence-electron chi connectivity index (χ3n) is 6.21. The molecule has 1 amide bonds. The van der Waals surface area contributed by atoms with Crippen LogP contribution in [0.3, 0.4) is 0 Å². The van der Waals surface area contributed by atoms with Crippen molar-refractivity contribution in [3.8, 4) is 0 Å². The van der Waals surface area contributed by atoms with E-state index in [1.807, 2.05) is 0 Å². The van der Waals surface area contributed by atoms with Crippen molar-refractivity contribution < 1.29 is 19.3 Å². The number of hydrogen-bond acceptors (Lipinski definition) is 5. The van der Waals surface area contributed by atoms with Gasteiger partial charge >= 0.3 is 0 Å². The average Bonchev–Trinajstić information content (AvgIpc) is 2.81. The first-order valence-corrected chi connectivity index (χ1v) is 10.6. The Morgan fingerprint density at radius 3 is 2.61 bits per heavy atom. The number of pyridine rings is 1. The summed E-state index contributed by atoms with van der Waals surface area (Å²) in [5.74, 6) is -0.737. The first-order valence-electron chi connectivity index (χ1n) is 11.1. The molecule has 0 saturated carbocycles. The van der Waals surface area contributed by atoms with Crippen LogP contribution < -0.4 is 10.9 Å². The molecule has 1 fully saturated rings. The van der Waals surface area contributed by atoms with Crippen molar-refractivity contribution in [2.75, 3.05) is 18.4 Å². The highest BCUT2D eigenvalue weighted by atomic mass is 19.3. The molecule has 1 saturated heterocycles. The number of likely N-dealkylation sites (tertiary alicyclic amines) is 1. The van der Waals surface area contributed by atoms with Crippen LogP contribution in [-0.4, -0.2) is 38.9 Å². The Morgan fingerprint density at radius 2 is 1.94 bits per heavy atom. The number of anilines is 1. The monoisotopic (exact) mass is 460 g/mol. The summed E-state index contributed by atoms with van der Waals surface area (Å²) in [6.07, 6.45) is -1.29. The maximum absolute atomic E-state index is 14.7. The zero-order valence-electron chi connectivity index (χ0n) is 19.2. The van der Waals surface area contributed by atoms with Gasteiger partial charge in [-0.2, -0.15) is 0 Å². The van der Waals surface area contributed by atoms with Crippen LogP contribution in [0.2, 0.25) is 0 Å². The number of benzene rings is 1. The molecule has 3 aromatic rings. The lowest BCUT2D eigenvalue weighted by molar-refractivity contribution is -0.119. The Hall–Kier alpha value is -3.43. The number of carbonyl (C=O) groups is 1. The number of aromatic nitrogens is 3. The molecule has 10 heteroatoms. The van der Waals surface area contributed by atoms with Crippen molar-refractivity contribution in [2.24, 2.45) is 7.05 Å². The van der Waals surface area contributed by atoms with Gasteiger partial charge in [-0.1, -0.05) is 18.2 Å². The van der Waals surface area contributed by atoms with Crippen LogP contribution in [-0.2, 0) is 11.8 Å². The number of alkyl halides is 2. The molecule has 0 radical (unpaired) electrons. The first kappa shape index (κ1) is 21.4. The summed E-state index contributed by atoms with van der Waals surface area (Å²) in [6.45, 7) is 2.42. The van der Waals surface area contributed by atoms with Crippen molar-refractivity contribution in [1.82, 2.24) is 19.4 Å². The highest BCUT2D eigenvalue weighted by Crippen LogP contribution is 2.32. The van der Waals surface area contributed by atoms with Crippen molar-refractivity contribution in [1.29, 1.82) is 0 Å². The van der Waals surface area contributed by atoms with E-state index in [9.17, 15) is 22.8 Å². The predicted molar refractivity (Wildman–Crippen MR) is 118 cm³/mol. The number of rotatable bonds is 5. The number of halogens is 3. The van der Waals surface area contributed by atoms with Gasteiger partial charge in [0.25, 0.3) is 12.0 Å². The summed E-state index contributed by atoms with van der Waals surface area (Å²) in [6, 6.07) is 4.89. The fourth-order valence-corrected chi connectivity index (χ4v) is 4.34. The van der Waals surface area contributed by atoms with E-state index in [-0.39, 0.29) is 17.0 Å². The molecular weight excluding hydrogens is 435 g/mol. The number of fused-ring (bicyclic) bond motifs is 1. The molecule has 7 nitrogen and oxygen atoms in total. The van der Waals surface area contributed by atoms with Crippen LogP contribution in [0.1, 0.15) is 56.2 Å². The molecule has 0 aliphatic carbocycles. The minimum Gasteiger partial charge on any atom is -0.363 e. The average molecular weight is 460 g/mol. The molecule has 0 bridgehead atoms. The van der Waals surface area contributed by atoms with Gasteiger partial charge in [0.2, 0.25) is 6.39 Å². The standard InChI is InChI=1S/C23H24F3N5O2/c1-13(15-4-3-5-16(19(15)24)20(25)26)29-21-18-10-17(14-6-8-31(12-32)9-7-14)23(33)30(2)22(18)28-11-27-21/h3-5,10-14,20H,6-9H2,1-2H3,(H,27,28,29)/t13-/m1/s1/i12D. The quantitative estimate of drug-likeness (QED) is 0.584. The van der Waals surface area contributed by atoms with E-state index in [1.165, 1.54) is 27.9 Å². The maximum Gasteiger partial charge on any atom is 0.266 e. The maximum atomic E-state index is 14.7. The number of nitrogens with zero attached hydrogens (tertiary/aromatic N) is 4. The lowest BCUT2D eigenvalue weighted by Gasteiger charge is -2.29. The van der Waals surface area contributed by atoms with E-state index in [4.69, 9.17) is 1.37 Å². The second-order valence-corrected chi connectivity index (χ2v) is 8.19. The fourth-order valence-electron chi connectivity index (χ4n) is 4.34. The summed E-state index contributed by atoms with van der Waals surface area (Å²) in [4.78, 5) is 34.3. The van der Waals surface area contributed by atoms with Crippen LogP contribution in [0.15, 0.2) is 35.4 Å². The third-order valence-corrected chi connectivity index (χ3v) is 6.21. The number of amides is 1. The highest BCUT2D eigenvalue weighted by molar-refractivity contribution is 5.87. The number of hydrogen-bond donors (Lipinski definition) is 1. The number of piperidine rings is 1. The second kappa shape index (κ2) is 9.21. The summed E-state index contributed by atoms with van der Waals surface area (Å²) in [7, 11) is 1.60. The lowest BCUT2D eigenvalue weighted by atomic mass is 9.90. The SMILES string of the molecule is [2H]C(=O)N1CCC(c2cc3c(N[C@H](C)c4cccc(C(F)F)c4F)ncnc3n(C)c2=O)CC1. The Balaban J connectivity index is 1.70. The van der Waals surface area contributed by atoms with E-state index in [0.717, 1.165) is 6.07 Å². The minimum atomic E-state index is -2.93. The van der Waals surface area contributed by atoms with Gasteiger partial charge in [-0.3, -0.25) is 14.2 Å². The van der Waals surface area contributed by atoms with Crippen molar-refractivity contribution in [2.45, 2.75) is 38.2 Å². The fraction of sp³-hybridized carbons (Fsp3) is 0.391. The number of nitrogens with one attached hydrogen (secondary N) is 1. The van der Waals surface area contributed by atoms with Gasteiger partial charge < -0.3 is 10.2 Å². The molecule has 1 N–H and O–H groups in total. The summed E-state index contributed by atoms with van der Waals surface area (Å²) >= 11 is 0. The molecule has 0 spiro atoms. The van der Waals surface area contributed by atoms with Gasteiger partial charge in [0.05, 0.1) is 17.0 Å². The Kier molecular flexibility index (Phi) is 5.97. The first-order chi connectivity index (χ1) is 16.2. The molecule has 33 heavy (non-hydrogen) atoms. The summed E-state index contributed by atoms with van der Waals surface area (Å²) < 4.78 is 49.6. The lowest BCUT2D eigenvalue weighted by Crippen LogP contribution is -2.34. The predicted octanol–water partition coefficient (Wildman–Crippen LogP) is 3.91. The van der Waals surface area contributed by atoms with Gasteiger partial charge in [-0.05, 0) is 31.7 Å². The van der Waals surface area contributed by atoms with Gasteiger partial charge in [-0.15, -0.1) is 0 Å². The van der Waals surface area contributed by atoms with Gasteiger partial charge in [0.1, 0.15) is 25.0 Å². The largest absolute Gasteiger partial charge is 0.363 e. The third kappa shape index (κ3) is 4.29. The van der Waals surface area contributed by atoms with Crippen LogP contribution in [0, 0.1) is 5.82 Å². The topological polar surface area (TPSA) is 80.1 Å². The second-order valence-electron chi connectivity index (χ2n) is 8.19. The van der Waals surface area contributed by atoms with Crippen LogP contribution in [0.5, 0.6) is 0 Å². The smallest absolute Gasteiger partial charge is 0.266 e. The molecule has 1 atom stereocenters. The molecule has 174 valence electrons. The van der Waals surface area contributed by atoms with Gasteiger partial charge in [-0.25, -0.2) is 23.1 Å². The molecule has 1 aliphatic rings. The summed E-state index contributed by atoms with van der Waals surface area (Å²) in [5, 5.41) is 3.62. The van der Waals surface area contributed by atoms with Crippen LogP contribution >= 0.6 is 0 Å². The van der Waals surface area contributed by atoms with E-state index < -0.39 is 30.2 Å². The van der Waals surface area contributed by atoms with E-state index in [2.05, 4.69) is 15.3 Å². The van der Waals surface area contributed by atoms with E-state index in [0.29, 0.717) is 48.3 Å². The van der Waals surface area contributed by atoms with Crippen LogP contribution in [0.4, 0.5) is 19.0 Å². The molecule has 2 aromatic heterocycles. The van der Waals surface area contributed by atoms with Gasteiger partial charge in [0.15, 0.2) is 0 Å². The Bertz CT molecular complexity index is 1290.